The smallest absolute Gasteiger partial charge is 1.00 e. The molecule has 0 atom stereocenters. The van der Waals surface area contributed by atoms with Crippen LogP contribution in [0.15, 0.2) is 133 Å². The Morgan fingerprint density at radius 3 is 1.41 bits per heavy atom. The Labute approximate surface area is 236 Å². The van der Waals surface area contributed by atoms with Gasteiger partial charge in [-0.25, -0.2) is 12.2 Å². The molecule has 2 radical (unpaired) electrons. The van der Waals surface area contributed by atoms with Crippen molar-refractivity contribution in [3.05, 3.63) is 140 Å². The second-order valence-corrected chi connectivity index (χ2v) is 8.58. The van der Waals surface area contributed by atoms with Crippen LogP contribution in [-0.2, 0) is 26.2 Å². The van der Waals surface area contributed by atoms with Crippen molar-refractivity contribution in [2.75, 3.05) is 0 Å². The number of benzene rings is 4. The Morgan fingerprint density at radius 1 is 0.588 bits per heavy atom. The molecule has 5 aromatic carbocycles. The van der Waals surface area contributed by atoms with Crippen molar-refractivity contribution in [2.24, 2.45) is 0 Å². The van der Waals surface area contributed by atoms with Gasteiger partial charge in [0, 0.05) is 0 Å². The molecular formula is C30H24Cl2SiZr. The summed E-state index contributed by atoms with van der Waals surface area (Å²) in [4.78, 5) is 0. The Morgan fingerprint density at radius 2 is 1.03 bits per heavy atom. The molecule has 6 rings (SSSR count). The standard InChI is InChI=1S/C13H9.C12H10Si.C5H5.2ClH.Zr/c1-3-7-12-10(5-1)9-11-6-2-4-8-13(11)12;1-3-7-11(8-4-1)13-12-9-5-2-6-10-12;1-2-4-5-3-1;;;/h1-9H;1-10H;1-3H,4H2;2*1H;/q-1;;-1;;;+4/p-2. The van der Waals surface area contributed by atoms with Gasteiger partial charge in [-0.1, -0.05) is 107 Å². The van der Waals surface area contributed by atoms with E-state index in [1.807, 2.05) is 12.2 Å². The van der Waals surface area contributed by atoms with Crippen LogP contribution >= 0.6 is 0 Å². The minimum absolute atomic E-state index is 0. The van der Waals surface area contributed by atoms with E-state index in [0.717, 1.165) is 15.9 Å². The summed E-state index contributed by atoms with van der Waals surface area (Å²) in [5, 5.41) is 8.19. The van der Waals surface area contributed by atoms with E-state index in [1.165, 1.54) is 31.9 Å². The van der Waals surface area contributed by atoms with Crippen molar-refractivity contribution in [3.8, 4) is 0 Å². The molecule has 0 spiro atoms. The maximum atomic E-state index is 2.99. The summed E-state index contributed by atoms with van der Waals surface area (Å²) in [6.45, 7) is 0. The van der Waals surface area contributed by atoms with Gasteiger partial charge in [0.15, 0.2) is 0 Å². The summed E-state index contributed by atoms with van der Waals surface area (Å²) in [5.74, 6) is 0. The molecule has 1 aliphatic rings. The van der Waals surface area contributed by atoms with Gasteiger partial charge in [-0.15, -0.1) is 46.2 Å². The molecule has 166 valence electrons. The molecule has 5 aromatic rings. The fourth-order valence-electron chi connectivity index (χ4n) is 3.45. The second-order valence-electron chi connectivity index (χ2n) is 7.18. The van der Waals surface area contributed by atoms with Crippen molar-refractivity contribution in [1.29, 1.82) is 0 Å². The number of allylic oxidation sites excluding steroid dienone is 4. The minimum Gasteiger partial charge on any atom is -1.00 e. The predicted molar refractivity (Wildman–Crippen MR) is 137 cm³/mol. The fourth-order valence-corrected chi connectivity index (χ4v) is 4.51. The van der Waals surface area contributed by atoms with Crippen molar-refractivity contribution in [2.45, 2.75) is 6.42 Å². The summed E-state index contributed by atoms with van der Waals surface area (Å²) in [6, 6.07) is 40.4. The minimum atomic E-state index is 0. The number of rotatable bonds is 2. The summed E-state index contributed by atoms with van der Waals surface area (Å²) < 4.78 is 0. The molecule has 0 unspecified atom stereocenters. The molecule has 0 bridgehead atoms. The van der Waals surface area contributed by atoms with Crippen LogP contribution in [0.2, 0.25) is 0 Å². The van der Waals surface area contributed by atoms with E-state index < -0.39 is 0 Å². The molecular weight excluding hydrogens is 551 g/mol. The van der Waals surface area contributed by atoms with Gasteiger partial charge in [0.2, 0.25) is 0 Å². The monoisotopic (exact) mass is 572 g/mol. The predicted octanol–water partition coefficient (Wildman–Crippen LogP) is 0.365. The van der Waals surface area contributed by atoms with Crippen molar-refractivity contribution >= 4 is 41.4 Å². The third-order valence-corrected chi connectivity index (χ3v) is 6.19. The molecule has 0 heterocycles. The first-order chi connectivity index (χ1) is 15.4. The third kappa shape index (κ3) is 8.93. The quantitative estimate of drug-likeness (QED) is 0.211. The number of hydrogen-bond donors (Lipinski definition) is 0. The van der Waals surface area contributed by atoms with Crippen LogP contribution in [0, 0.1) is 6.08 Å². The SMILES string of the molecule is [C-]1=CC=CC1.[Cl-].[Cl-].[Zr+4].c1ccc([Si]c2ccccc2)cc1.c1ccc2c(c1)[cH-]c1ccccc12. The van der Waals surface area contributed by atoms with Crippen LogP contribution in [0.3, 0.4) is 0 Å². The summed E-state index contributed by atoms with van der Waals surface area (Å²) in [7, 11) is 0.777. The van der Waals surface area contributed by atoms with Crippen LogP contribution < -0.4 is 35.2 Å². The van der Waals surface area contributed by atoms with Crippen molar-refractivity contribution < 1.29 is 51.0 Å². The van der Waals surface area contributed by atoms with E-state index in [-0.39, 0.29) is 51.0 Å². The molecule has 0 N–H and O–H groups in total. The second kappa shape index (κ2) is 16.5. The molecule has 0 fully saturated rings. The van der Waals surface area contributed by atoms with Crippen LogP contribution in [0.4, 0.5) is 0 Å². The fraction of sp³-hybridized carbons (Fsp3) is 0.0333. The van der Waals surface area contributed by atoms with Gasteiger partial charge in [-0.3, -0.25) is 6.08 Å². The van der Waals surface area contributed by atoms with Crippen LogP contribution in [0.25, 0.3) is 21.5 Å². The first-order valence-electron chi connectivity index (χ1n) is 10.5. The average Bonchev–Trinajstić information content (AvgIpc) is 3.53. The van der Waals surface area contributed by atoms with E-state index in [0.29, 0.717) is 0 Å². The van der Waals surface area contributed by atoms with E-state index in [1.54, 1.807) is 0 Å². The number of hydrogen-bond acceptors (Lipinski definition) is 0. The third-order valence-electron chi connectivity index (χ3n) is 4.94. The van der Waals surface area contributed by atoms with Gasteiger partial charge in [-0.05, 0) is 0 Å². The molecule has 0 amide bonds. The molecule has 34 heavy (non-hydrogen) atoms. The Hall–Kier alpha value is -2.09. The maximum Gasteiger partial charge on any atom is 4.00 e. The number of halogens is 2. The van der Waals surface area contributed by atoms with Gasteiger partial charge in [-0.2, -0.15) is 6.08 Å². The molecule has 0 nitrogen and oxygen atoms in total. The van der Waals surface area contributed by atoms with Gasteiger partial charge in [0.1, 0.15) is 9.52 Å². The number of fused-ring (bicyclic) bond motifs is 3. The van der Waals surface area contributed by atoms with E-state index in [4.69, 9.17) is 0 Å². The Balaban J connectivity index is 0.000000264. The van der Waals surface area contributed by atoms with Gasteiger partial charge >= 0.3 is 26.2 Å². The maximum absolute atomic E-state index is 2.99. The van der Waals surface area contributed by atoms with Gasteiger partial charge < -0.3 is 24.8 Å². The first kappa shape index (κ1) is 29.9. The summed E-state index contributed by atoms with van der Waals surface area (Å²) >= 11 is 0. The zero-order valence-electron chi connectivity index (χ0n) is 18.7. The van der Waals surface area contributed by atoms with E-state index >= 15 is 0 Å². The van der Waals surface area contributed by atoms with Crippen molar-refractivity contribution in [3.63, 3.8) is 0 Å². The van der Waals surface area contributed by atoms with Crippen LogP contribution in [0.5, 0.6) is 0 Å². The Bertz CT molecular complexity index is 1180. The van der Waals surface area contributed by atoms with Crippen LogP contribution in [-0.4, -0.2) is 9.52 Å². The molecule has 0 aliphatic heterocycles. The largest absolute Gasteiger partial charge is 4.00 e. The van der Waals surface area contributed by atoms with Crippen LogP contribution in [0.1, 0.15) is 6.42 Å². The molecule has 0 saturated carbocycles. The molecule has 1 aliphatic carbocycles. The molecule has 0 saturated heterocycles. The Kier molecular flexibility index (Phi) is 14.6. The van der Waals surface area contributed by atoms with E-state index in [9.17, 15) is 0 Å². The summed E-state index contributed by atoms with van der Waals surface area (Å²) in [5.41, 5.74) is 0. The zero-order chi connectivity index (χ0) is 21.1. The van der Waals surface area contributed by atoms with E-state index in [2.05, 4.69) is 127 Å². The normalized spacial score (nSPS) is 10.6. The van der Waals surface area contributed by atoms with Crippen molar-refractivity contribution in [1.82, 2.24) is 0 Å². The molecule has 4 heteroatoms. The summed E-state index contributed by atoms with van der Waals surface area (Å²) in [6.07, 6.45) is 10.0. The van der Waals surface area contributed by atoms with Gasteiger partial charge in [0.05, 0.1) is 0 Å². The average molecular weight is 575 g/mol. The molecule has 0 aromatic heterocycles. The van der Waals surface area contributed by atoms with Gasteiger partial charge in [0.25, 0.3) is 0 Å². The topological polar surface area (TPSA) is 0 Å². The first-order valence-corrected chi connectivity index (χ1v) is 11.5. The zero-order valence-corrected chi connectivity index (χ0v) is 23.6.